The van der Waals surface area contributed by atoms with Crippen LogP contribution in [-0.2, 0) is 11.2 Å². The number of aryl methyl sites for hydroxylation is 1. The lowest BCUT2D eigenvalue weighted by atomic mass is 9.98. The minimum absolute atomic E-state index is 0.160. The van der Waals surface area contributed by atoms with Crippen LogP contribution in [0, 0.1) is 12.8 Å². The molecule has 1 N–H and O–H groups in total. The van der Waals surface area contributed by atoms with Crippen molar-refractivity contribution in [3.63, 3.8) is 0 Å². The fourth-order valence-electron chi connectivity index (χ4n) is 4.22. The van der Waals surface area contributed by atoms with Crippen LogP contribution < -0.4 is 5.56 Å². The lowest BCUT2D eigenvalue weighted by Gasteiger charge is -2.31. The van der Waals surface area contributed by atoms with Crippen molar-refractivity contribution < 1.29 is 4.79 Å². The van der Waals surface area contributed by atoms with Gasteiger partial charge < -0.3 is 9.88 Å². The van der Waals surface area contributed by atoms with Crippen LogP contribution in [0.5, 0.6) is 0 Å². The van der Waals surface area contributed by atoms with E-state index < -0.39 is 0 Å². The minimum Gasteiger partial charge on any atom is -0.340 e. The Morgan fingerprint density at radius 3 is 2.69 bits per heavy atom. The van der Waals surface area contributed by atoms with E-state index in [1.807, 2.05) is 19.1 Å². The predicted molar refractivity (Wildman–Crippen MR) is 115 cm³/mol. The summed E-state index contributed by atoms with van der Waals surface area (Å²) < 4.78 is 0. The molecule has 1 saturated heterocycles. The summed E-state index contributed by atoms with van der Waals surface area (Å²) >= 11 is 0. The Morgan fingerprint density at radius 2 is 2.00 bits per heavy atom. The van der Waals surface area contributed by atoms with Crippen LogP contribution in [0.2, 0.25) is 0 Å². The first-order valence-electron chi connectivity index (χ1n) is 10.8. The number of carbonyl (C=O) groups is 1. The van der Waals surface area contributed by atoms with Crippen molar-refractivity contribution in [2.75, 3.05) is 6.54 Å². The van der Waals surface area contributed by atoms with Crippen LogP contribution in [0.4, 0.5) is 0 Å². The Morgan fingerprint density at radius 1 is 1.24 bits per heavy atom. The maximum Gasteiger partial charge on any atom is 0.254 e. The molecule has 6 heteroatoms. The van der Waals surface area contributed by atoms with E-state index in [9.17, 15) is 9.59 Å². The number of aromatic amines is 1. The van der Waals surface area contributed by atoms with E-state index >= 15 is 0 Å². The molecule has 0 aromatic carbocycles. The molecular weight excluding hydrogens is 364 g/mol. The molecule has 1 atom stereocenters. The number of hydrogen-bond acceptors (Lipinski definition) is 4. The molecule has 156 valence electrons. The highest BCUT2D eigenvalue weighted by Gasteiger charge is 2.26. The maximum absolute atomic E-state index is 13.0. The summed E-state index contributed by atoms with van der Waals surface area (Å²) in [7, 11) is 0. The summed E-state index contributed by atoms with van der Waals surface area (Å²) in [5, 5.41) is 0. The number of hydrogen-bond donors (Lipinski definition) is 1. The average Bonchev–Trinajstić information content (AvgIpc) is 2.92. The van der Waals surface area contributed by atoms with Gasteiger partial charge in [0, 0.05) is 48.2 Å². The summed E-state index contributed by atoms with van der Waals surface area (Å²) in [6, 6.07) is 3.96. The average molecular weight is 397 g/mol. The van der Waals surface area contributed by atoms with Crippen molar-refractivity contribution in [2.45, 2.75) is 71.8 Å². The highest BCUT2D eigenvalue weighted by Crippen LogP contribution is 2.23. The van der Waals surface area contributed by atoms with Crippen molar-refractivity contribution in [3.8, 4) is 11.4 Å². The zero-order valence-electron chi connectivity index (χ0n) is 17.8. The van der Waals surface area contributed by atoms with Crippen LogP contribution in [0.15, 0.2) is 29.3 Å². The monoisotopic (exact) mass is 396 g/mol. The Hall–Kier alpha value is -2.50. The molecule has 0 radical (unpaired) electrons. The topological polar surface area (TPSA) is 79.0 Å². The quantitative estimate of drug-likeness (QED) is 0.803. The molecule has 29 heavy (non-hydrogen) atoms. The minimum atomic E-state index is -0.160. The molecule has 3 heterocycles. The van der Waals surface area contributed by atoms with Gasteiger partial charge in [0.25, 0.3) is 5.56 Å². The van der Waals surface area contributed by atoms with Crippen molar-refractivity contribution in [1.29, 1.82) is 0 Å². The highest BCUT2D eigenvalue weighted by molar-refractivity contribution is 5.77. The second kappa shape index (κ2) is 9.81. The summed E-state index contributed by atoms with van der Waals surface area (Å²) in [5.74, 6) is 1.27. The molecule has 3 rings (SSSR count). The fraction of sp³-hybridized carbons (Fsp3) is 0.565. The van der Waals surface area contributed by atoms with Crippen LogP contribution in [0.3, 0.4) is 0 Å². The number of aromatic nitrogens is 3. The zero-order chi connectivity index (χ0) is 20.8. The predicted octanol–water partition coefficient (Wildman–Crippen LogP) is 3.89. The molecule has 6 nitrogen and oxygen atoms in total. The van der Waals surface area contributed by atoms with Crippen molar-refractivity contribution >= 4 is 5.91 Å². The van der Waals surface area contributed by atoms with Crippen LogP contribution >= 0.6 is 0 Å². The zero-order valence-corrected chi connectivity index (χ0v) is 17.8. The first-order valence-corrected chi connectivity index (χ1v) is 10.8. The van der Waals surface area contributed by atoms with Crippen LogP contribution in [-0.4, -0.2) is 38.3 Å². The summed E-state index contributed by atoms with van der Waals surface area (Å²) in [6.07, 6.45) is 9.72. The fourth-order valence-corrected chi connectivity index (χ4v) is 4.22. The van der Waals surface area contributed by atoms with Gasteiger partial charge in [-0.3, -0.25) is 14.6 Å². The Bertz CT molecular complexity index is 876. The van der Waals surface area contributed by atoms with Gasteiger partial charge in [0.15, 0.2) is 0 Å². The molecule has 0 aliphatic carbocycles. The van der Waals surface area contributed by atoms with E-state index in [0.29, 0.717) is 41.9 Å². The second-order valence-corrected chi connectivity index (χ2v) is 8.43. The van der Waals surface area contributed by atoms with E-state index in [0.717, 1.165) is 31.4 Å². The molecule has 0 spiro atoms. The summed E-state index contributed by atoms with van der Waals surface area (Å²) in [5.41, 5.74) is 1.95. The third-order valence-electron chi connectivity index (χ3n) is 5.71. The maximum atomic E-state index is 13.0. The Labute approximate surface area is 172 Å². The first-order chi connectivity index (χ1) is 14.0. The van der Waals surface area contributed by atoms with E-state index in [1.54, 1.807) is 12.4 Å². The Balaban J connectivity index is 1.71. The molecule has 2 aromatic heterocycles. The Kier molecular flexibility index (Phi) is 7.18. The lowest BCUT2D eigenvalue weighted by Crippen LogP contribution is -2.41. The molecule has 1 aliphatic rings. The molecule has 0 saturated carbocycles. The number of H-pyrrole nitrogens is 1. The van der Waals surface area contributed by atoms with Crippen LogP contribution in [0.25, 0.3) is 11.4 Å². The summed E-state index contributed by atoms with van der Waals surface area (Å²) in [4.78, 5) is 39.2. The molecule has 1 unspecified atom stereocenters. The van der Waals surface area contributed by atoms with Gasteiger partial charge in [0.1, 0.15) is 5.82 Å². The standard InChI is InChI=1S/C23H32N4O2/c1-16(2)15-19-7-5-4-6-14-27(19)21(28)9-8-20-17(3)25-22(26-23(20)29)18-10-12-24-13-11-18/h10-13,16,19H,4-9,14-15H2,1-3H3,(H,25,26,29). The van der Waals surface area contributed by atoms with Crippen LogP contribution in [0.1, 0.15) is 63.6 Å². The number of pyridine rings is 1. The van der Waals surface area contributed by atoms with Gasteiger partial charge in [0.2, 0.25) is 5.91 Å². The molecule has 1 fully saturated rings. The van der Waals surface area contributed by atoms with E-state index in [-0.39, 0.29) is 11.5 Å². The number of likely N-dealkylation sites (tertiary alicyclic amines) is 1. The molecule has 2 aromatic rings. The summed E-state index contributed by atoms with van der Waals surface area (Å²) in [6.45, 7) is 7.11. The van der Waals surface area contributed by atoms with E-state index in [1.165, 1.54) is 12.8 Å². The number of nitrogens with one attached hydrogen (secondary N) is 1. The molecule has 1 amide bonds. The normalized spacial score (nSPS) is 17.4. The van der Waals surface area contributed by atoms with Gasteiger partial charge in [-0.1, -0.05) is 26.7 Å². The highest BCUT2D eigenvalue weighted by atomic mass is 16.2. The van der Waals surface area contributed by atoms with Gasteiger partial charge in [-0.25, -0.2) is 4.98 Å². The SMILES string of the molecule is Cc1nc(-c2ccncc2)[nH]c(=O)c1CCC(=O)N1CCCCCC1CC(C)C. The van der Waals surface area contributed by atoms with Gasteiger partial charge >= 0.3 is 0 Å². The largest absolute Gasteiger partial charge is 0.340 e. The lowest BCUT2D eigenvalue weighted by molar-refractivity contribution is -0.133. The number of amides is 1. The first kappa shape index (κ1) is 21.2. The molecular formula is C23H32N4O2. The van der Waals surface area contributed by atoms with E-state index in [4.69, 9.17) is 0 Å². The third-order valence-corrected chi connectivity index (χ3v) is 5.71. The number of nitrogens with zero attached hydrogens (tertiary/aromatic N) is 3. The smallest absolute Gasteiger partial charge is 0.254 e. The second-order valence-electron chi connectivity index (χ2n) is 8.43. The number of carbonyl (C=O) groups excluding carboxylic acids is 1. The van der Waals surface area contributed by atoms with Gasteiger partial charge in [-0.05, 0) is 50.7 Å². The molecule has 1 aliphatic heterocycles. The molecule has 0 bridgehead atoms. The van der Waals surface area contributed by atoms with Gasteiger partial charge in [0.05, 0.1) is 0 Å². The van der Waals surface area contributed by atoms with Gasteiger partial charge in [-0.15, -0.1) is 0 Å². The van der Waals surface area contributed by atoms with E-state index in [2.05, 4.69) is 33.7 Å². The van der Waals surface area contributed by atoms with Crippen molar-refractivity contribution in [1.82, 2.24) is 19.9 Å². The van der Waals surface area contributed by atoms with Crippen molar-refractivity contribution in [3.05, 3.63) is 46.1 Å². The third kappa shape index (κ3) is 5.52. The van der Waals surface area contributed by atoms with Gasteiger partial charge in [-0.2, -0.15) is 0 Å². The number of rotatable bonds is 6. The van der Waals surface area contributed by atoms with Crippen molar-refractivity contribution in [2.24, 2.45) is 5.92 Å².